The lowest BCUT2D eigenvalue weighted by molar-refractivity contribution is 1.23. The van der Waals surface area contributed by atoms with Crippen LogP contribution in [0.2, 0.25) is 0 Å². The summed E-state index contributed by atoms with van der Waals surface area (Å²) in [6, 6.07) is 56.9. The maximum atomic E-state index is 2.36. The average Bonchev–Trinajstić information content (AvgIpc) is 3.08. The van der Waals surface area contributed by atoms with Crippen molar-refractivity contribution < 1.29 is 0 Å². The van der Waals surface area contributed by atoms with Crippen LogP contribution in [-0.4, -0.2) is 0 Å². The van der Waals surface area contributed by atoms with Gasteiger partial charge in [-0.1, -0.05) is 103 Å². The first-order valence-electron chi connectivity index (χ1n) is 16.6. The molecular formula is C46H40N2. The molecule has 7 aromatic rings. The SMILES string of the molecule is Cc1cc(C)cc(N(c2ccc(C=Cc3ccc(N(c4ccccc4)c4cccc5ccccc45)cc3)cc2)c2cc(C)cc(C)c2)c1. The Kier molecular flexibility index (Phi) is 8.64. The van der Waals surface area contributed by atoms with Gasteiger partial charge in [-0.25, -0.2) is 0 Å². The van der Waals surface area contributed by atoms with E-state index in [1.165, 1.54) is 50.1 Å². The number of hydrogen-bond donors (Lipinski definition) is 0. The molecule has 0 N–H and O–H groups in total. The molecular weight excluding hydrogens is 581 g/mol. The quantitative estimate of drug-likeness (QED) is 0.156. The molecule has 0 aliphatic carbocycles. The predicted octanol–water partition coefficient (Wildman–Crippen LogP) is 13.2. The van der Waals surface area contributed by atoms with Crippen LogP contribution >= 0.6 is 0 Å². The highest BCUT2D eigenvalue weighted by Crippen LogP contribution is 2.39. The molecule has 2 heteroatoms. The van der Waals surface area contributed by atoms with Crippen molar-refractivity contribution in [3.05, 3.63) is 191 Å². The van der Waals surface area contributed by atoms with Crippen LogP contribution in [0.3, 0.4) is 0 Å². The zero-order chi connectivity index (χ0) is 33.0. The highest BCUT2D eigenvalue weighted by Gasteiger charge is 2.16. The number of aryl methyl sites for hydroxylation is 4. The average molecular weight is 621 g/mol. The van der Waals surface area contributed by atoms with E-state index in [1.54, 1.807) is 0 Å². The van der Waals surface area contributed by atoms with Crippen molar-refractivity contribution in [3.8, 4) is 0 Å². The van der Waals surface area contributed by atoms with E-state index in [2.05, 4.69) is 207 Å². The van der Waals surface area contributed by atoms with Crippen LogP contribution < -0.4 is 9.80 Å². The highest BCUT2D eigenvalue weighted by molar-refractivity contribution is 5.99. The summed E-state index contributed by atoms with van der Waals surface area (Å²) in [5.74, 6) is 0. The van der Waals surface area contributed by atoms with Crippen molar-refractivity contribution in [2.45, 2.75) is 27.7 Å². The van der Waals surface area contributed by atoms with E-state index in [9.17, 15) is 0 Å². The van der Waals surface area contributed by atoms with Crippen LogP contribution in [0.4, 0.5) is 34.1 Å². The lowest BCUT2D eigenvalue weighted by atomic mass is 10.1. The second kappa shape index (κ2) is 13.5. The van der Waals surface area contributed by atoms with Crippen molar-refractivity contribution in [1.82, 2.24) is 0 Å². The third-order valence-electron chi connectivity index (χ3n) is 8.72. The van der Waals surface area contributed by atoms with Gasteiger partial charge in [0.25, 0.3) is 0 Å². The number of anilines is 6. The van der Waals surface area contributed by atoms with E-state index in [1.807, 2.05) is 0 Å². The van der Waals surface area contributed by atoms with Gasteiger partial charge in [0.2, 0.25) is 0 Å². The van der Waals surface area contributed by atoms with Crippen LogP contribution in [0, 0.1) is 27.7 Å². The third-order valence-corrected chi connectivity index (χ3v) is 8.72. The molecule has 7 rings (SSSR count). The highest BCUT2D eigenvalue weighted by atomic mass is 15.1. The normalized spacial score (nSPS) is 11.2. The molecule has 0 unspecified atom stereocenters. The molecule has 0 spiro atoms. The number of hydrogen-bond acceptors (Lipinski definition) is 2. The first-order valence-corrected chi connectivity index (χ1v) is 16.6. The van der Waals surface area contributed by atoms with Gasteiger partial charge in [-0.05, 0) is 133 Å². The minimum absolute atomic E-state index is 1.12. The van der Waals surface area contributed by atoms with Crippen molar-refractivity contribution in [3.63, 3.8) is 0 Å². The van der Waals surface area contributed by atoms with Crippen LogP contribution in [0.25, 0.3) is 22.9 Å². The Balaban J connectivity index is 1.17. The van der Waals surface area contributed by atoms with Gasteiger partial charge in [-0.2, -0.15) is 0 Å². The summed E-state index contributed by atoms with van der Waals surface area (Å²) >= 11 is 0. The number of nitrogens with zero attached hydrogens (tertiary/aromatic N) is 2. The number of rotatable bonds is 8. The van der Waals surface area contributed by atoms with Gasteiger partial charge in [0.1, 0.15) is 0 Å². The molecule has 0 aliphatic rings. The van der Waals surface area contributed by atoms with Crippen LogP contribution in [-0.2, 0) is 0 Å². The molecule has 0 bridgehead atoms. The maximum absolute atomic E-state index is 2.36. The summed E-state index contributed by atoms with van der Waals surface area (Å²) in [6.07, 6.45) is 4.38. The number of fused-ring (bicyclic) bond motifs is 1. The van der Waals surface area contributed by atoms with Gasteiger partial charge in [0.15, 0.2) is 0 Å². The second-order valence-corrected chi connectivity index (χ2v) is 12.7. The molecule has 2 nitrogen and oxygen atoms in total. The van der Waals surface area contributed by atoms with Crippen molar-refractivity contribution in [2.24, 2.45) is 0 Å². The van der Waals surface area contributed by atoms with Gasteiger partial charge in [-0.15, -0.1) is 0 Å². The largest absolute Gasteiger partial charge is 0.310 e. The summed E-state index contributed by atoms with van der Waals surface area (Å²) in [4.78, 5) is 4.70. The first-order chi connectivity index (χ1) is 23.4. The third kappa shape index (κ3) is 6.65. The Morgan fingerprint density at radius 3 is 1.33 bits per heavy atom. The molecule has 48 heavy (non-hydrogen) atoms. The second-order valence-electron chi connectivity index (χ2n) is 12.7. The Labute approximate surface area is 284 Å². The molecule has 0 aliphatic heterocycles. The van der Waals surface area contributed by atoms with Crippen molar-refractivity contribution >= 4 is 57.0 Å². The summed E-state index contributed by atoms with van der Waals surface area (Å²) in [5.41, 5.74) is 14.3. The van der Waals surface area contributed by atoms with E-state index < -0.39 is 0 Å². The van der Waals surface area contributed by atoms with Gasteiger partial charge >= 0.3 is 0 Å². The lowest BCUT2D eigenvalue weighted by Gasteiger charge is -2.27. The van der Waals surface area contributed by atoms with Gasteiger partial charge < -0.3 is 9.80 Å². The predicted molar refractivity (Wildman–Crippen MR) is 208 cm³/mol. The Morgan fingerprint density at radius 2 is 0.792 bits per heavy atom. The zero-order valence-corrected chi connectivity index (χ0v) is 28.1. The summed E-state index contributed by atoms with van der Waals surface area (Å²) in [5, 5.41) is 2.46. The van der Waals surface area contributed by atoms with E-state index in [-0.39, 0.29) is 0 Å². The molecule has 0 amide bonds. The topological polar surface area (TPSA) is 6.48 Å². The molecule has 234 valence electrons. The Morgan fingerprint density at radius 1 is 0.354 bits per heavy atom. The molecule has 7 aromatic carbocycles. The minimum Gasteiger partial charge on any atom is -0.310 e. The van der Waals surface area contributed by atoms with Crippen LogP contribution in [0.1, 0.15) is 33.4 Å². The summed E-state index contributed by atoms with van der Waals surface area (Å²) in [6.45, 7) is 8.66. The summed E-state index contributed by atoms with van der Waals surface area (Å²) in [7, 11) is 0. The van der Waals surface area contributed by atoms with E-state index >= 15 is 0 Å². The lowest BCUT2D eigenvalue weighted by Crippen LogP contribution is -2.11. The van der Waals surface area contributed by atoms with Gasteiger partial charge in [-0.3, -0.25) is 0 Å². The van der Waals surface area contributed by atoms with E-state index in [0.29, 0.717) is 0 Å². The van der Waals surface area contributed by atoms with Crippen molar-refractivity contribution in [2.75, 3.05) is 9.80 Å². The van der Waals surface area contributed by atoms with Crippen LogP contribution in [0.5, 0.6) is 0 Å². The fraction of sp³-hybridized carbons (Fsp3) is 0.0870. The molecule has 0 heterocycles. The molecule has 0 aromatic heterocycles. The Hall–Kier alpha value is -5.86. The molecule has 0 atom stereocenters. The molecule has 0 radical (unpaired) electrons. The standard InChI is InChI=1S/C46H40N2/c1-33-27-34(2)30-43(29-33)47(44-31-35(3)28-36(4)32-44)41-23-19-37(20-24-41)17-18-38-21-25-42(26-22-38)48(40-13-6-5-7-14-40)46-16-10-12-39-11-8-9-15-45(39)46/h5-32H,1-4H3. The van der Waals surface area contributed by atoms with E-state index in [0.717, 1.165) is 28.2 Å². The van der Waals surface area contributed by atoms with Crippen LogP contribution in [0.15, 0.2) is 158 Å². The van der Waals surface area contributed by atoms with E-state index in [4.69, 9.17) is 0 Å². The maximum Gasteiger partial charge on any atom is 0.0540 e. The fourth-order valence-corrected chi connectivity index (χ4v) is 6.68. The first kappa shape index (κ1) is 30.8. The molecule has 0 fully saturated rings. The summed E-state index contributed by atoms with van der Waals surface area (Å²) < 4.78 is 0. The fourth-order valence-electron chi connectivity index (χ4n) is 6.68. The minimum atomic E-state index is 1.12. The zero-order valence-electron chi connectivity index (χ0n) is 28.1. The molecule has 0 saturated heterocycles. The number of benzene rings is 7. The molecule has 0 saturated carbocycles. The number of para-hydroxylation sites is 1. The van der Waals surface area contributed by atoms with Crippen molar-refractivity contribution in [1.29, 1.82) is 0 Å². The Bertz CT molecular complexity index is 2110. The smallest absolute Gasteiger partial charge is 0.0540 e. The monoisotopic (exact) mass is 620 g/mol. The van der Waals surface area contributed by atoms with Gasteiger partial charge in [0, 0.05) is 33.8 Å². The van der Waals surface area contributed by atoms with Gasteiger partial charge in [0.05, 0.1) is 5.69 Å².